The number of Topliss-reactive ketones (excluding diaryl/α,β-unsaturated/α-hetero) is 1. The number of ketones is 1. The lowest BCUT2D eigenvalue weighted by molar-refractivity contribution is -0.115. The molecule has 1 aliphatic carbocycles. The van der Waals surface area contributed by atoms with Gasteiger partial charge in [0.2, 0.25) is 0 Å². The summed E-state index contributed by atoms with van der Waals surface area (Å²) in [6.07, 6.45) is 0.0770. The van der Waals surface area contributed by atoms with Crippen molar-refractivity contribution in [2.75, 3.05) is 19.2 Å². The Kier molecular flexibility index (Phi) is 9.17. The maximum Gasteiger partial charge on any atom is 0.430 e. The van der Waals surface area contributed by atoms with Gasteiger partial charge in [0.05, 0.1) is 36.1 Å². The number of ether oxygens (including phenoxy) is 2. The van der Waals surface area contributed by atoms with Gasteiger partial charge in [0, 0.05) is 19.4 Å². The predicted molar refractivity (Wildman–Crippen MR) is 133 cm³/mol. The maximum atomic E-state index is 14.3. The third kappa shape index (κ3) is 7.25. The van der Waals surface area contributed by atoms with Crippen molar-refractivity contribution in [2.45, 2.75) is 73.0 Å². The van der Waals surface area contributed by atoms with E-state index in [0.29, 0.717) is 5.76 Å². The van der Waals surface area contributed by atoms with Crippen LogP contribution < -0.4 is 10.6 Å². The highest BCUT2D eigenvalue weighted by molar-refractivity contribution is 6.01. The van der Waals surface area contributed by atoms with E-state index in [0.717, 1.165) is 9.80 Å². The number of halogens is 1. The number of hydrogen-bond donors (Lipinski definition) is 0. The smallest absolute Gasteiger partial charge is 0.430 e. The lowest BCUT2D eigenvalue weighted by atomic mass is 9.92. The Morgan fingerprint density at radius 3 is 2.53 bits per heavy atom. The molecule has 0 N–H and O–H groups in total. The Morgan fingerprint density at radius 2 is 1.97 bits per heavy atom. The van der Waals surface area contributed by atoms with Crippen LogP contribution in [0.3, 0.4) is 0 Å². The van der Waals surface area contributed by atoms with Crippen LogP contribution in [0.4, 0.5) is 9.18 Å². The topological polar surface area (TPSA) is 112 Å². The van der Waals surface area contributed by atoms with Gasteiger partial charge >= 0.3 is 6.09 Å². The van der Waals surface area contributed by atoms with E-state index in [-0.39, 0.29) is 41.5 Å². The van der Waals surface area contributed by atoms with Crippen molar-refractivity contribution >= 4 is 17.6 Å². The van der Waals surface area contributed by atoms with Crippen LogP contribution >= 0.6 is 0 Å². The molecule has 2 rings (SSSR count). The highest BCUT2D eigenvalue weighted by atomic mass is 19.1. The van der Waals surface area contributed by atoms with Gasteiger partial charge in [0.1, 0.15) is 23.3 Å². The minimum Gasteiger partial charge on any atom is -0.500 e. The summed E-state index contributed by atoms with van der Waals surface area (Å²) < 4.78 is 24.9. The number of nitrogens with zero attached hydrogens (tertiary/aromatic N) is 4. The summed E-state index contributed by atoms with van der Waals surface area (Å²) in [4.78, 5) is 45.1. The van der Waals surface area contributed by atoms with E-state index < -0.39 is 34.8 Å². The summed E-state index contributed by atoms with van der Waals surface area (Å²) in [5.74, 6) is -0.899. The quantitative estimate of drug-likeness (QED) is 0.389. The molecule has 0 fully saturated rings. The molecule has 0 aromatic carbocycles. The van der Waals surface area contributed by atoms with E-state index in [1.165, 1.54) is 26.3 Å². The van der Waals surface area contributed by atoms with Crippen LogP contribution in [0.25, 0.3) is 0 Å². The maximum absolute atomic E-state index is 14.3. The lowest BCUT2D eigenvalue weighted by Gasteiger charge is -2.25. The molecule has 11 heteroatoms. The number of methoxy groups -OCH3 is 1. The number of rotatable bonds is 8. The fourth-order valence-electron chi connectivity index (χ4n) is 3.26. The van der Waals surface area contributed by atoms with Crippen LogP contribution in [0.1, 0.15) is 66.1 Å². The van der Waals surface area contributed by atoms with Crippen molar-refractivity contribution in [3.63, 3.8) is 0 Å². The molecule has 0 spiro atoms. The molecule has 198 valence electrons. The standard InChI is InChI=1S/C25H35FN4O6/c1-14(2)36-28-16(4)18-11-17(12-21(31)19-13-20(26)15(3)10-22(19)34-9)27-30(23(18)32)29(8)24(33)35-25(5,6)7/h11,13-15H,10,12H2,1-9H3/b28-16+. The molecule has 0 radical (unpaired) electrons. The first-order chi connectivity index (χ1) is 16.6. The zero-order valence-corrected chi connectivity index (χ0v) is 22.3. The third-order valence-electron chi connectivity index (χ3n) is 5.11. The van der Waals surface area contributed by atoms with Gasteiger partial charge < -0.3 is 14.3 Å². The number of allylic oxidation sites excluding steroid dienone is 4. The van der Waals surface area contributed by atoms with Gasteiger partial charge in [-0.15, -0.1) is 4.79 Å². The van der Waals surface area contributed by atoms with Crippen molar-refractivity contribution < 1.29 is 28.3 Å². The van der Waals surface area contributed by atoms with E-state index in [2.05, 4.69) is 10.3 Å². The van der Waals surface area contributed by atoms with Gasteiger partial charge in [-0.3, -0.25) is 9.59 Å². The molecule has 10 nitrogen and oxygen atoms in total. The van der Waals surface area contributed by atoms with Crippen LogP contribution in [0, 0.1) is 5.92 Å². The van der Waals surface area contributed by atoms with E-state index >= 15 is 0 Å². The first kappa shape index (κ1) is 28.7. The summed E-state index contributed by atoms with van der Waals surface area (Å²) in [6, 6.07) is 1.40. The fraction of sp³-hybridized carbons (Fsp3) is 0.560. The Labute approximate surface area is 210 Å². The Hall–Kier alpha value is -3.50. The molecule has 1 amide bonds. The van der Waals surface area contributed by atoms with Crippen LogP contribution in [-0.2, 0) is 25.5 Å². The summed E-state index contributed by atoms with van der Waals surface area (Å²) in [7, 11) is 2.74. The molecule has 0 aliphatic heterocycles. The normalized spacial score (nSPS) is 16.6. The minimum absolute atomic E-state index is 0.0730. The van der Waals surface area contributed by atoms with Crippen molar-refractivity contribution in [3.8, 4) is 0 Å². The summed E-state index contributed by atoms with van der Waals surface area (Å²) in [5, 5.41) is 9.10. The van der Waals surface area contributed by atoms with Crippen LogP contribution in [0.15, 0.2) is 39.3 Å². The van der Waals surface area contributed by atoms with Crippen molar-refractivity contribution in [1.29, 1.82) is 0 Å². The summed E-state index contributed by atoms with van der Waals surface area (Å²) >= 11 is 0. The van der Waals surface area contributed by atoms with Crippen molar-refractivity contribution in [3.05, 3.63) is 50.9 Å². The van der Waals surface area contributed by atoms with Crippen LogP contribution in [0.2, 0.25) is 0 Å². The largest absolute Gasteiger partial charge is 0.500 e. The molecular weight excluding hydrogens is 471 g/mol. The van der Waals surface area contributed by atoms with Crippen molar-refractivity contribution in [2.24, 2.45) is 11.1 Å². The molecule has 1 heterocycles. The lowest BCUT2D eigenvalue weighted by Crippen LogP contribution is -2.48. The first-order valence-corrected chi connectivity index (χ1v) is 11.6. The van der Waals surface area contributed by atoms with Crippen LogP contribution in [-0.4, -0.2) is 53.3 Å². The number of carbonyl (C=O) groups is 2. The SMILES string of the molecule is COC1=C(C(=O)Cc2cc(/C(C)=N/OC(C)C)c(=O)n(N(C)C(=O)OC(C)(C)C)n2)C=C(F)C(C)C1. The van der Waals surface area contributed by atoms with Gasteiger partial charge in [-0.25, -0.2) is 9.18 Å². The second kappa shape index (κ2) is 11.5. The van der Waals surface area contributed by atoms with Gasteiger partial charge in [-0.1, -0.05) is 12.1 Å². The first-order valence-electron chi connectivity index (χ1n) is 11.6. The molecule has 0 saturated heterocycles. The summed E-state index contributed by atoms with van der Waals surface area (Å²) in [5.41, 5.74) is -0.926. The van der Waals surface area contributed by atoms with Crippen molar-refractivity contribution in [1.82, 2.24) is 9.89 Å². The minimum atomic E-state index is -0.824. The zero-order chi connectivity index (χ0) is 27.4. The number of aromatic nitrogens is 2. The Balaban J connectivity index is 2.56. The highest BCUT2D eigenvalue weighted by Gasteiger charge is 2.27. The van der Waals surface area contributed by atoms with Crippen LogP contribution in [0.5, 0.6) is 0 Å². The Bertz CT molecular complexity index is 1160. The monoisotopic (exact) mass is 506 g/mol. The van der Waals surface area contributed by atoms with Gasteiger partial charge in [0.25, 0.3) is 5.56 Å². The summed E-state index contributed by atoms with van der Waals surface area (Å²) in [6.45, 7) is 11.9. The predicted octanol–water partition coefficient (Wildman–Crippen LogP) is 3.80. The third-order valence-corrected chi connectivity index (χ3v) is 5.11. The average molecular weight is 507 g/mol. The number of hydrogen-bond acceptors (Lipinski definition) is 8. The molecule has 36 heavy (non-hydrogen) atoms. The van der Waals surface area contributed by atoms with E-state index in [4.69, 9.17) is 14.3 Å². The Morgan fingerprint density at radius 1 is 1.33 bits per heavy atom. The molecule has 1 atom stereocenters. The van der Waals surface area contributed by atoms with Gasteiger partial charge in [-0.2, -0.15) is 10.1 Å². The molecule has 0 saturated carbocycles. The van der Waals surface area contributed by atoms with Gasteiger partial charge in [-0.05, 0) is 53.7 Å². The molecule has 1 aliphatic rings. The van der Waals surface area contributed by atoms with E-state index in [1.54, 1.807) is 48.5 Å². The molecule has 1 unspecified atom stereocenters. The molecule has 0 bridgehead atoms. The van der Waals surface area contributed by atoms with E-state index in [1.807, 2.05) is 0 Å². The molecule has 1 aromatic rings. The average Bonchev–Trinajstić information content (AvgIpc) is 2.78. The fourth-order valence-corrected chi connectivity index (χ4v) is 3.26. The molecule has 1 aromatic heterocycles. The number of amides is 1. The number of carbonyl (C=O) groups excluding carboxylic acids is 2. The van der Waals surface area contributed by atoms with Gasteiger partial charge in [0.15, 0.2) is 5.78 Å². The second-order valence-corrected chi connectivity index (χ2v) is 9.85. The van der Waals surface area contributed by atoms with E-state index in [9.17, 15) is 18.8 Å². The second-order valence-electron chi connectivity index (χ2n) is 9.85. The molecular formula is C25H35FN4O6. The zero-order valence-electron chi connectivity index (χ0n) is 22.3. The highest BCUT2D eigenvalue weighted by Crippen LogP contribution is 2.31. The number of oxime groups is 1.